The fraction of sp³-hybridized carbons (Fsp3) is 0.500. The Morgan fingerprint density at radius 1 is 1.00 bits per heavy atom. The van der Waals surface area contributed by atoms with Gasteiger partial charge in [-0.05, 0) is 35.3 Å². The minimum Gasteiger partial charge on any atom is -0.404 e. The van der Waals surface area contributed by atoms with Gasteiger partial charge in [-0.2, -0.15) is 0 Å². The van der Waals surface area contributed by atoms with E-state index in [2.05, 4.69) is 22.1 Å². The van der Waals surface area contributed by atoms with Crippen LogP contribution in [0.1, 0.15) is 26.7 Å². The Bertz CT molecular complexity index is 165. The van der Waals surface area contributed by atoms with Crippen molar-refractivity contribution in [1.82, 2.24) is 0 Å². The van der Waals surface area contributed by atoms with Crippen LogP contribution in [0.2, 0.25) is 0 Å². The van der Waals surface area contributed by atoms with Crippen molar-refractivity contribution in [1.29, 1.82) is 0 Å². The molecular weight excluding hydrogens is 156 g/mol. The fourth-order valence-corrected chi connectivity index (χ4v) is 0.264. The first-order valence-corrected chi connectivity index (χ1v) is 3.66. The van der Waals surface area contributed by atoms with Crippen LogP contribution in [-0.4, -0.2) is 22.2 Å². The van der Waals surface area contributed by atoms with E-state index >= 15 is 0 Å². The molecule has 0 aliphatic rings. The summed E-state index contributed by atoms with van der Waals surface area (Å²) in [6.45, 7) is 3.89. The van der Waals surface area contributed by atoms with Gasteiger partial charge < -0.3 is 10.4 Å². The lowest BCUT2D eigenvalue weighted by atomic mass is 10.5. The van der Waals surface area contributed by atoms with E-state index in [1.807, 2.05) is 13.8 Å². The van der Waals surface area contributed by atoms with Gasteiger partial charge in [0.05, 0.1) is 0 Å². The highest BCUT2D eigenvalue weighted by Gasteiger charge is 1.54. The monoisotopic (exact) mass is 170 g/mol. The second-order valence-corrected chi connectivity index (χ2v) is 1.68. The molecule has 0 atom stereocenters. The van der Waals surface area contributed by atoms with E-state index in [0.717, 1.165) is 12.8 Å². The fourth-order valence-electron chi connectivity index (χ4n) is 0.264. The van der Waals surface area contributed by atoms with Crippen molar-refractivity contribution in [3.63, 3.8) is 0 Å². The van der Waals surface area contributed by atoms with Gasteiger partial charge >= 0.3 is 0 Å². The van der Waals surface area contributed by atoms with Gasteiger partial charge in [0, 0.05) is 11.7 Å². The second kappa shape index (κ2) is 16.2. The summed E-state index contributed by atoms with van der Waals surface area (Å²) in [4.78, 5) is 0. The number of nitrogens with zero attached hydrogens (tertiary/aromatic N) is 2. The first-order chi connectivity index (χ1) is 5.83. The molecule has 0 radical (unpaired) electrons. The Labute approximate surface area is 72.2 Å². The van der Waals surface area contributed by atoms with Gasteiger partial charge in [-0.15, -0.1) is 0 Å². The Morgan fingerprint density at radius 2 is 1.33 bits per heavy atom. The van der Waals surface area contributed by atoms with E-state index < -0.39 is 0 Å². The van der Waals surface area contributed by atoms with E-state index in [0.29, 0.717) is 0 Å². The highest BCUT2D eigenvalue weighted by Crippen LogP contribution is 1.67. The molecule has 0 unspecified atom stereocenters. The maximum atomic E-state index is 7.68. The van der Waals surface area contributed by atoms with Crippen molar-refractivity contribution in [3.05, 3.63) is 12.2 Å². The normalized spacial score (nSPS) is 6.17. The molecule has 68 valence electrons. The van der Waals surface area contributed by atoms with Gasteiger partial charge in [0.2, 0.25) is 0 Å². The van der Waals surface area contributed by atoms with Crippen molar-refractivity contribution in [2.75, 3.05) is 0 Å². The predicted molar refractivity (Wildman–Crippen MR) is 48.2 cm³/mol. The van der Waals surface area contributed by atoms with Gasteiger partial charge in [0.1, 0.15) is 0 Å². The average molecular weight is 170 g/mol. The van der Waals surface area contributed by atoms with Crippen LogP contribution in [0.5, 0.6) is 0 Å². The molecule has 0 saturated carbocycles. The number of rotatable bonds is 2. The van der Waals surface area contributed by atoms with Crippen LogP contribution in [0.4, 0.5) is 0 Å². The zero-order chi connectivity index (χ0) is 9.66. The van der Waals surface area contributed by atoms with E-state index in [9.17, 15) is 0 Å². The molecule has 0 aromatic rings. The number of hydrogen-bond donors (Lipinski definition) is 2. The molecule has 0 aliphatic carbocycles. The molecule has 0 amide bonds. The molecule has 4 heteroatoms. The van der Waals surface area contributed by atoms with Crippen LogP contribution in [0, 0.1) is 0 Å². The summed E-state index contributed by atoms with van der Waals surface area (Å²) in [5.74, 6) is 4.51. The summed E-state index contributed by atoms with van der Waals surface area (Å²) >= 11 is 0. The minimum absolute atomic E-state index is 0.865. The van der Waals surface area contributed by atoms with Crippen LogP contribution in [0.3, 0.4) is 0 Å². The molecule has 0 spiro atoms. The Hall–Kier alpha value is -1.50. The summed E-state index contributed by atoms with van der Waals surface area (Å²) in [6, 6.07) is 0. The summed E-state index contributed by atoms with van der Waals surface area (Å²) in [7, 11) is 0. The van der Waals surface area contributed by atoms with Crippen LogP contribution in [-0.2, 0) is 0 Å². The maximum Gasteiger partial charge on any atom is 0.0239 e. The van der Waals surface area contributed by atoms with E-state index in [4.69, 9.17) is 10.4 Å². The molecule has 0 fully saturated rings. The van der Waals surface area contributed by atoms with Gasteiger partial charge in [0.25, 0.3) is 0 Å². The summed E-state index contributed by atoms with van der Waals surface area (Å²) in [5.41, 5.74) is 0. The third-order valence-corrected chi connectivity index (χ3v) is 0.706. The van der Waals surface area contributed by atoms with E-state index in [1.54, 1.807) is 12.2 Å². The molecule has 0 aromatic heterocycles. The summed E-state index contributed by atoms with van der Waals surface area (Å²) < 4.78 is 0. The Balaban J connectivity index is 0. The number of hydrogen-bond acceptors (Lipinski definition) is 4. The Kier molecular flexibility index (Phi) is 17.8. The van der Waals surface area contributed by atoms with Gasteiger partial charge in [0.15, 0.2) is 0 Å². The second-order valence-electron chi connectivity index (χ2n) is 1.68. The lowest BCUT2D eigenvalue weighted by molar-refractivity contribution is 0.322. The third-order valence-electron chi connectivity index (χ3n) is 0.706. The molecule has 0 aliphatic heterocycles. The lowest BCUT2D eigenvalue weighted by Gasteiger charge is -1.61. The van der Waals surface area contributed by atoms with Crippen LogP contribution < -0.4 is 0 Å². The minimum atomic E-state index is 0.865. The Morgan fingerprint density at radius 3 is 1.42 bits per heavy atom. The van der Waals surface area contributed by atoms with Crippen LogP contribution in [0.15, 0.2) is 22.5 Å². The van der Waals surface area contributed by atoms with Crippen LogP contribution in [0.25, 0.3) is 0 Å². The van der Waals surface area contributed by atoms with Gasteiger partial charge in [-0.3, -0.25) is 0 Å². The number of allylic oxidation sites excluding steroid dienone is 2. The highest BCUT2D eigenvalue weighted by molar-refractivity contribution is 5.50. The van der Waals surface area contributed by atoms with E-state index in [1.165, 1.54) is 0 Å². The first-order valence-electron chi connectivity index (χ1n) is 3.66. The zero-order valence-corrected chi connectivity index (χ0v) is 7.36. The third kappa shape index (κ3) is 23.6. The predicted octanol–water partition coefficient (Wildman–Crippen LogP) is 2.02. The molecule has 0 aromatic carbocycles. The highest BCUT2D eigenvalue weighted by atomic mass is 16.4. The smallest absolute Gasteiger partial charge is 0.0239 e. The lowest BCUT2D eigenvalue weighted by Crippen LogP contribution is -1.52. The topological polar surface area (TPSA) is 65.2 Å². The maximum absolute atomic E-state index is 7.68. The van der Waals surface area contributed by atoms with Gasteiger partial charge in [-0.1, -0.05) is 13.8 Å². The van der Waals surface area contributed by atoms with Crippen molar-refractivity contribution >= 4 is 11.7 Å². The molecule has 4 nitrogen and oxygen atoms in total. The largest absolute Gasteiger partial charge is 0.404 e. The molecule has 0 heterocycles. The van der Waals surface area contributed by atoms with Gasteiger partial charge in [-0.25, -0.2) is 0 Å². The molecule has 0 bridgehead atoms. The molecule has 12 heavy (non-hydrogen) atoms. The average Bonchev–Trinajstić information content (AvgIpc) is 2.12. The molecule has 0 saturated heterocycles. The zero-order valence-electron chi connectivity index (χ0n) is 7.36. The quantitative estimate of drug-likeness (QED) is 0.378. The SMILES string of the molecule is CCC=C=NO.CCC=C=NO. The van der Waals surface area contributed by atoms with Crippen LogP contribution >= 0.6 is 0 Å². The van der Waals surface area contributed by atoms with Crippen molar-refractivity contribution in [2.24, 2.45) is 10.3 Å². The standard InChI is InChI=1S/2C4H7NO/c2*1-2-3-4-5-6/h2*3,6H,2H2,1H3. The van der Waals surface area contributed by atoms with Crippen molar-refractivity contribution in [2.45, 2.75) is 26.7 Å². The van der Waals surface area contributed by atoms with Crippen molar-refractivity contribution in [3.8, 4) is 0 Å². The van der Waals surface area contributed by atoms with E-state index in [-0.39, 0.29) is 0 Å². The van der Waals surface area contributed by atoms with Crippen molar-refractivity contribution < 1.29 is 10.4 Å². The molecule has 2 N–H and O–H groups in total. The summed E-state index contributed by atoms with van der Waals surface area (Å²) in [5, 5.41) is 20.6. The molecule has 0 rings (SSSR count). The first kappa shape index (κ1) is 13.1. The summed E-state index contributed by atoms with van der Waals surface area (Å²) in [6.07, 6.45) is 5.01. The molecular formula is C8H14N2O2.